The Kier molecular flexibility index (Phi) is 9.43. The van der Waals surface area contributed by atoms with Crippen molar-refractivity contribution < 1.29 is 8.85 Å². The minimum absolute atomic E-state index is 0.376. The Hall–Kier alpha value is -0.163. The summed E-state index contributed by atoms with van der Waals surface area (Å²) in [6.07, 6.45) is 4.57. The number of halogens is 1. The average molecular weight is 359 g/mol. The molecule has 2 nitrogen and oxygen atoms in total. The smallest absolute Gasteiger partial charge is 0.328 e. The van der Waals surface area contributed by atoms with Crippen LogP contribution in [0.4, 0.5) is 0 Å². The van der Waals surface area contributed by atoms with E-state index in [0.717, 1.165) is 30.5 Å². The van der Waals surface area contributed by atoms with Crippen molar-refractivity contribution in [2.75, 3.05) is 13.2 Å². The van der Waals surface area contributed by atoms with Crippen molar-refractivity contribution >= 4 is 25.2 Å². The third-order valence-electron chi connectivity index (χ3n) is 3.34. The van der Waals surface area contributed by atoms with Gasteiger partial charge >= 0.3 is 9.28 Å². The summed E-state index contributed by atoms with van der Waals surface area (Å²) in [5.74, 6) is 0. The fourth-order valence-electron chi connectivity index (χ4n) is 1.97. The molecular weight excluding hydrogens is 332 g/mol. The van der Waals surface area contributed by atoms with E-state index < -0.39 is 9.28 Å². The first-order chi connectivity index (χ1) is 9.69. The summed E-state index contributed by atoms with van der Waals surface area (Å²) in [4.78, 5) is 0. The summed E-state index contributed by atoms with van der Waals surface area (Å²) in [7, 11) is -1.66. The summed E-state index contributed by atoms with van der Waals surface area (Å²) < 4.78 is 13.3. The van der Waals surface area contributed by atoms with E-state index in [4.69, 9.17) is 8.85 Å². The summed E-state index contributed by atoms with van der Waals surface area (Å²) in [6, 6.07) is 8.49. The Labute approximate surface area is 133 Å². The molecule has 1 atom stereocenters. The predicted octanol–water partition coefficient (Wildman–Crippen LogP) is 4.95. The second-order valence-corrected chi connectivity index (χ2v) is 8.48. The molecule has 0 fully saturated rings. The van der Waals surface area contributed by atoms with Crippen molar-refractivity contribution in [3.63, 3.8) is 0 Å². The lowest BCUT2D eigenvalue weighted by Crippen LogP contribution is -2.31. The molecule has 0 aliphatic heterocycles. The van der Waals surface area contributed by atoms with Crippen LogP contribution < -0.4 is 0 Å². The van der Waals surface area contributed by atoms with Crippen LogP contribution in [-0.4, -0.2) is 22.5 Å². The Morgan fingerprint density at radius 1 is 1.10 bits per heavy atom. The molecule has 1 aromatic rings. The molecule has 0 saturated carbocycles. The van der Waals surface area contributed by atoms with Gasteiger partial charge in [-0.25, -0.2) is 0 Å². The highest BCUT2D eigenvalue weighted by molar-refractivity contribution is 9.10. The second-order valence-electron chi connectivity index (χ2n) is 5.16. The largest absolute Gasteiger partial charge is 0.396 e. The maximum atomic E-state index is 6.09. The second kappa shape index (κ2) is 10.5. The summed E-state index contributed by atoms with van der Waals surface area (Å²) in [5, 5.41) is 0. The van der Waals surface area contributed by atoms with Gasteiger partial charge < -0.3 is 8.85 Å². The number of hydrogen-bond acceptors (Lipinski definition) is 2. The highest BCUT2D eigenvalue weighted by Gasteiger charge is 2.24. The third-order valence-corrected chi connectivity index (χ3v) is 6.17. The Morgan fingerprint density at radius 2 is 1.70 bits per heavy atom. The first-order valence-corrected chi connectivity index (χ1v) is 10.1. The minimum atomic E-state index is -1.66. The van der Waals surface area contributed by atoms with Gasteiger partial charge in [0.15, 0.2) is 0 Å². The van der Waals surface area contributed by atoms with Crippen molar-refractivity contribution in [1.29, 1.82) is 0 Å². The number of unbranched alkanes of at least 4 members (excludes halogenated alkanes) is 2. The number of rotatable bonds is 10. The molecule has 0 aliphatic carbocycles. The zero-order valence-electron chi connectivity index (χ0n) is 12.9. The fraction of sp³-hybridized carbons (Fsp3) is 0.625. The van der Waals surface area contributed by atoms with Gasteiger partial charge in [-0.2, -0.15) is 0 Å². The van der Waals surface area contributed by atoms with Crippen LogP contribution in [-0.2, 0) is 8.85 Å². The first-order valence-electron chi connectivity index (χ1n) is 7.67. The Bertz CT molecular complexity index is 363. The lowest BCUT2D eigenvalue weighted by molar-refractivity contribution is 0.185. The van der Waals surface area contributed by atoms with Gasteiger partial charge in [0.1, 0.15) is 0 Å². The van der Waals surface area contributed by atoms with E-state index in [-0.39, 0.29) is 0 Å². The van der Waals surface area contributed by atoms with Gasteiger partial charge in [0.25, 0.3) is 0 Å². The van der Waals surface area contributed by atoms with E-state index >= 15 is 0 Å². The van der Waals surface area contributed by atoms with Gasteiger partial charge in [0, 0.05) is 23.2 Å². The van der Waals surface area contributed by atoms with E-state index in [1.807, 2.05) is 0 Å². The van der Waals surface area contributed by atoms with Crippen LogP contribution in [0, 0.1) is 0 Å². The minimum Gasteiger partial charge on any atom is -0.396 e. The SMILES string of the molecule is CCCCO[SiH](OCCCC)C(C)c1cccc(Br)c1. The standard InChI is InChI=1S/C16H27BrO2Si/c1-4-6-11-18-20(19-12-7-5-2)14(3)15-9-8-10-16(17)13-15/h8-10,13-14,20H,4-7,11-12H2,1-3H3. The van der Waals surface area contributed by atoms with Gasteiger partial charge in [0.2, 0.25) is 0 Å². The molecule has 1 aromatic carbocycles. The van der Waals surface area contributed by atoms with Crippen molar-refractivity contribution in [1.82, 2.24) is 0 Å². The van der Waals surface area contributed by atoms with Crippen LogP contribution in [0.25, 0.3) is 0 Å². The molecule has 1 rings (SSSR count). The van der Waals surface area contributed by atoms with E-state index in [1.165, 1.54) is 18.4 Å². The molecule has 0 aliphatic rings. The van der Waals surface area contributed by atoms with Crippen LogP contribution in [0.2, 0.25) is 0 Å². The zero-order valence-corrected chi connectivity index (χ0v) is 15.6. The summed E-state index contributed by atoms with van der Waals surface area (Å²) in [5.41, 5.74) is 1.69. The molecule has 0 radical (unpaired) electrons. The zero-order chi connectivity index (χ0) is 14.8. The van der Waals surface area contributed by atoms with Crippen LogP contribution in [0.3, 0.4) is 0 Å². The molecule has 0 amide bonds. The Morgan fingerprint density at radius 3 is 2.20 bits per heavy atom. The first kappa shape index (κ1) is 17.9. The molecule has 0 spiro atoms. The highest BCUT2D eigenvalue weighted by Crippen LogP contribution is 2.23. The van der Waals surface area contributed by atoms with Gasteiger partial charge in [0.05, 0.1) is 0 Å². The molecule has 0 bridgehead atoms. The monoisotopic (exact) mass is 358 g/mol. The van der Waals surface area contributed by atoms with Crippen molar-refractivity contribution in [3.8, 4) is 0 Å². The lowest BCUT2D eigenvalue weighted by atomic mass is 10.2. The normalized spacial score (nSPS) is 12.8. The molecule has 4 heteroatoms. The van der Waals surface area contributed by atoms with Crippen molar-refractivity contribution in [2.45, 2.75) is 52.0 Å². The van der Waals surface area contributed by atoms with Crippen LogP contribution in [0.5, 0.6) is 0 Å². The van der Waals surface area contributed by atoms with E-state index in [9.17, 15) is 0 Å². The third kappa shape index (κ3) is 6.53. The van der Waals surface area contributed by atoms with Crippen LogP contribution in [0.15, 0.2) is 28.7 Å². The molecule has 114 valence electrons. The molecule has 0 N–H and O–H groups in total. The number of hydrogen-bond donors (Lipinski definition) is 0. The highest BCUT2D eigenvalue weighted by atomic mass is 79.9. The van der Waals surface area contributed by atoms with Gasteiger partial charge in [-0.1, -0.05) is 61.7 Å². The molecular formula is C16H27BrO2Si. The van der Waals surface area contributed by atoms with Crippen molar-refractivity contribution in [3.05, 3.63) is 34.3 Å². The molecule has 0 aromatic heterocycles. The fourth-order valence-corrected chi connectivity index (χ4v) is 4.38. The van der Waals surface area contributed by atoms with Gasteiger partial charge in [-0.15, -0.1) is 0 Å². The van der Waals surface area contributed by atoms with E-state index in [1.54, 1.807) is 0 Å². The molecule has 1 unspecified atom stereocenters. The average Bonchev–Trinajstić information content (AvgIpc) is 2.45. The van der Waals surface area contributed by atoms with E-state index in [2.05, 4.69) is 61.0 Å². The molecule has 0 saturated heterocycles. The quantitative estimate of drug-likeness (QED) is 0.435. The van der Waals surface area contributed by atoms with Crippen molar-refractivity contribution in [2.24, 2.45) is 0 Å². The maximum Gasteiger partial charge on any atom is 0.328 e. The molecule has 20 heavy (non-hydrogen) atoms. The Balaban J connectivity index is 2.63. The van der Waals surface area contributed by atoms with E-state index in [0.29, 0.717) is 5.54 Å². The van der Waals surface area contributed by atoms with Crippen LogP contribution >= 0.6 is 15.9 Å². The maximum absolute atomic E-state index is 6.09. The number of benzene rings is 1. The predicted molar refractivity (Wildman–Crippen MR) is 91.4 cm³/mol. The van der Waals surface area contributed by atoms with Crippen LogP contribution in [0.1, 0.15) is 57.6 Å². The topological polar surface area (TPSA) is 18.5 Å². The lowest BCUT2D eigenvalue weighted by Gasteiger charge is -2.23. The van der Waals surface area contributed by atoms with Gasteiger partial charge in [-0.3, -0.25) is 0 Å². The summed E-state index contributed by atoms with van der Waals surface area (Å²) in [6.45, 7) is 8.28. The summed E-state index contributed by atoms with van der Waals surface area (Å²) >= 11 is 3.54. The van der Waals surface area contributed by atoms with Gasteiger partial charge in [-0.05, 0) is 30.5 Å². The molecule has 0 heterocycles.